The molecule has 2 heterocycles. The Morgan fingerprint density at radius 2 is 1.50 bits per heavy atom. The van der Waals surface area contributed by atoms with Gasteiger partial charge in [-0.05, 0) is 32.9 Å². The molecule has 0 radical (unpaired) electrons. The second-order valence-electron chi connectivity index (χ2n) is 6.77. The van der Waals surface area contributed by atoms with Crippen LogP contribution in [0.25, 0.3) is 0 Å². The molecule has 0 aromatic heterocycles. The predicted octanol–water partition coefficient (Wildman–Crippen LogP) is 1.79. The van der Waals surface area contributed by atoms with Gasteiger partial charge in [-0.2, -0.15) is 0 Å². The lowest BCUT2D eigenvalue weighted by atomic mass is 9.58. The molecule has 1 aromatic rings. The number of halogens is 2. The lowest BCUT2D eigenvalue weighted by Crippen LogP contribution is -2.75. The van der Waals surface area contributed by atoms with Crippen molar-refractivity contribution >= 4 is 12.1 Å². The molecule has 6 heteroatoms. The molecule has 0 atom stereocenters. The Morgan fingerprint density at radius 1 is 1.00 bits per heavy atom. The van der Waals surface area contributed by atoms with Crippen molar-refractivity contribution in [2.24, 2.45) is 0 Å². The van der Waals surface area contributed by atoms with Crippen molar-refractivity contribution in [2.75, 3.05) is 26.3 Å². The fourth-order valence-electron chi connectivity index (χ4n) is 3.98. The summed E-state index contributed by atoms with van der Waals surface area (Å²) in [7, 11) is 0. The summed E-state index contributed by atoms with van der Waals surface area (Å²) >= 11 is 0. The highest BCUT2D eigenvalue weighted by Crippen LogP contribution is 2.41. The van der Waals surface area contributed by atoms with Crippen LogP contribution >= 0.6 is 0 Å². The molecular formula is C14H20BF2NO2. The number of hydrogen-bond donors (Lipinski definition) is 0. The first-order valence-electron chi connectivity index (χ1n) is 7.06. The van der Waals surface area contributed by atoms with Gasteiger partial charge < -0.3 is 13.7 Å². The van der Waals surface area contributed by atoms with Crippen LogP contribution in [-0.4, -0.2) is 42.9 Å². The van der Waals surface area contributed by atoms with E-state index in [9.17, 15) is 8.78 Å². The van der Waals surface area contributed by atoms with Gasteiger partial charge in [0.25, 0.3) is 0 Å². The number of nitrogens with zero attached hydrogens (tertiary/aromatic N) is 1. The minimum Gasteiger partial charge on any atom is -0.505 e. The Morgan fingerprint density at radius 3 is 1.95 bits per heavy atom. The van der Waals surface area contributed by atoms with Crippen LogP contribution < -0.4 is 5.46 Å². The molecule has 110 valence electrons. The van der Waals surface area contributed by atoms with E-state index >= 15 is 0 Å². The van der Waals surface area contributed by atoms with Crippen molar-refractivity contribution in [1.29, 1.82) is 0 Å². The molecule has 0 saturated carbocycles. The second kappa shape index (κ2) is 4.26. The molecule has 20 heavy (non-hydrogen) atoms. The third kappa shape index (κ3) is 1.68. The van der Waals surface area contributed by atoms with Gasteiger partial charge in [-0.15, -0.1) is 0 Å². The minimum absolute atomic E-state index is 0.115. The molecule has 0 amide bonds. The maximum absolute atomic E-state index is 13.6. The van der Waals surface area contributed by atoms with Gasteiger partial charge in [0, 0.05) is 6.07 Å². The standard InChI is InChI=1S/C14H20BF2NO2/c1-14(2,3)18-4-6-19-15(18,20-7-5-18)11-8-12(16)10-13(17)9-11/h8-10H,4-7H2,1-3H3. The van der Waals surface area contributed by atoms with Crippen LogP contribution in [0, 0.1) is 11.6 Å². The SMILES string of the molecule is CC(C)(C)[N+]12CCO[B-]1(c1cc(F)cc(F)c1)OCC2. The third-order valence-electron chi connectivity index (χ3n) is 4.96. The summed E-state index contributed by atoms with van der Waals surface area (Å²) in [5, 5.41) is 0. The minimum atomic E-state index is -1.88. The average molecular weight is 283 g/mol. The van der Waals surface area contributed by atoms with Crippen LogP contribution in [-0.2, 0) is 9.31 Å². The average Bonchev–Trinajstić information content (AvgIpc) is 2.81. The normalized spacial score (nSPS) is 33.5. The fourth-order valence-corrected chi connectivity index (χ4v) is 3.98. The first-order valence-corrected chi connectivity index (χ1v) is 7.06. The van der Waals surface area contributed by atoms with E-state index in [4.69, 9.17) is 9.31 Å². The molecule has 3 nitrogen and oxygen atoms in total. The lowest BCUT2D eigenvalue weighted by Gasteiger charge is -2.56. The van der Waals surface area contributed by atoms with Crippen molar-refractivity contribution in [1.82, 2.24) is 0 Å². The zero-order chi connectivity index (χ0) is 14.6. The van der Waals surface area contributed by atoms with Crippen molar-refractivity contribution in [3.8, 4) is 0 Å². The largest absolute Gasteiger partial charge is 0.505 e. The van der Waals surface area contributed by atoms with E-state index in [1.54, 1.807) is 0 Å². The smallest absolute Gasteiger partial charge is 0.503 e. The van der Waals surface area contributed by atoms with E-state index in [-0.39, 0.29) is 5.54 Å². The Bertz CT molecular complexity index is 514. The molecule has 0 N–H and O–H groups in total. The third-order valence-corrected chi connectivity index (χ3v) is 4.96. The van der Waals surface area contributed by atoms with Crippen LogP contribution in [0.15, 0.2) is 18.2 Å². The molecule has 2 aliphatic rings. The van der Waals surface area contributed by atoms with Crippen LogP contribution in [0.4, 0.5) is 8.78 Å². The second-order valence-corrected chi connectivity index (χ2v) is 6.77. The summed E-state index contributed by atoms with van der Waals surface area (Å²) in [5.41, 5.74) is 0.378. The predicted molar refractivity (Wildman–Crippen MR) is 73.4 cm³/mol. The highest BCUT2D eigenvalue weighted by molar-refractivity contribution is 6.75. The van der Waals surface area contributed by atoms with E-state index in [0.29, 0.717) is 23.1 Å². The maximum Gasteiger partial charge on any atom is 0.503 e. The van der Waals surface area contributed by atoms with E-state index < -0.39 is 18.3 Å². The molecule has 2 fully saturated rings. The number of hydrogen-bond acceptors (Lipinski definition) is 2. The number of benzene rings is 1. The summed E-state index contributed by atoms with van der Waals surface area (Å²) in [5.74, 6) is -1.18. The maximum atomic E-state index is 13.6. The molecule has 2 saturated heterocycles. The van der Waals surface area contributed by atoms with Gasteiger partial charge in [-0.1, -0.05) is 5.46 Å². The summed E-state index contributed by atoms with van der Waals surface area (Å²) < 4.78 is 39.8. The van der Waals surface area contributed by atoms with Gasteiger partial charge in [0.2, 0.25) is 0 Å². The molecule has 0 bridgehead atoms. The van der Waals surface area contributed by atoms with Gasteiger partial charge >= 0.3 is 6.69 Å². The van der Waals surface area contributed by atoms with Crippen molar-refractivity contribution in [2.45, 2.75) is 26.3 Å². The monoisotopic (exact) mass is 283 g/mol. The van der Waals surface area contributed by atoms with Crippen molar-refractivity contribution in [3.05, 3.63) is 29.8 Å². The Balaban J connectivity index is 2.18. The van der Waals surface area contributed by atoms with Crippen LogP contribution in [0.1, 0.15) is 20.8 Å². The number of quaternary nitrogens is 1. The summed E-state index contributed by atoms with van der Waals surface area (Å²) in [6.07, 6.45) is 0. The first-order chi connectivity index (χ1) is 9.31. The lowest BCUT2D eigenvalue weighted by molar-refractivity contribution is -0.869. The number of rotatable bonds is 1. The highest BCUT2D eigenvalue weighted by Gasteiger charge is 2.63. The van der Waals surface area contributed by atoms with Crippen molar-refractivity contribution in [3.63, 3.8) is 0 Å². The Labute approximate surface area is 118 Å². The number of fused-ring (bicyclic) bond motifs is 1. The Kier molecular flexibility index (Phi) is 2.98. The summed E-state index contributed by atoms with van der Waals surface area (Å²) in [6.45, 7) is 7.21. The summed E-state index contributed by atoms with van der Waals surface area (Å²) in [4.78, 5) is 0. The van der Waals surface area contributed by atoms with Gasteiger partial charge in [0.15, 0.2) is 0 Å². The Hall–Kier alpha value is -0.975. The van der Waals surface area contributed by atoms with Crippen LogP contribution in [0.3, 0.4) is 0 Å². The quantitative estimate of drug-likeness (QED) is 0.732. The van der Waals surface area contributed by atoms with Gasteiger partial charge in [0.05, 0.1) is 31.8 Å². The van der Waals surface area contributed by atoms with Gasteiger partial charge in [-0.3, -0.25) is 0 Å². The molecule has 0 aliphatic carbocycles. The molecule has 0 unspecified atom stereocenters. The molecule has 0 spiro atoms. The van der Waals surface area contributed by atoms with E-state index in [1.807, 2.05) is 0 Å². The summed E-state index contributed by atoms with van der Waals surface area (Å²) in [6, 6.07) is 3.57. The highest BCUT2D eigenvalue weighted by atomic mass is 19.1. The molecular weight excluding hydrogens is 263 g/mol. The van der Waals surface area contributed by atoms with Gasteiger partial charge in [-0.25, -0.2) is 8.78 Å². The van der Waals surface area contributed by atoms with E-state index in [1.165, 1.54) is 12.1 Å². The zero-order valence-electron chi connectivity index (χ0n) is 12.2. The molecule has 2 aliphatic heterocycles. The zero-order valence-corrected chi connectivity index (χ0v) is 12.2. The fraction of sp³-hybridized carbons (Fsp3) is 0.571. The molecule has 3 rings (SSSR count). The van der Waals surface area contributed by atoms with Gasteiger partial charge in [0.1, 0.15) is 11.6 Å². The van der Waals surface area contributed by atoms with Crippen LogP contribution in [0.2, 0.25) is 0 Å². The van der Waals surface area contributed by atoms with Crippen molar-refractivity contribution < 1.29 is 22.5 Å². The first kappa shape index (κ1) is 14.0. The van der Waals surface area contributed by atoms with E-state index in [0.717, 1.165) is 19.2 Å². The molecule has 1 aromatic carbocycles. The van der Waals surface area contributed by atoms with E-state index in [2.05, 4.69) is 20.8 Å². The topological polar surface area (TPSA) is 18.5 Å². The van der Waals surface area contributed by atoms with Crippen LogP contribution in [0.5, 0.6) is 0 Å².